The van der Waals surface area contributed by atoms with Crippen LogP contribution in [0.5, 0.6) is 0 Å². The summed E-state index contributed by atoms with van der Waals surface area (Å²) < 4.78 is 14.2. The molecule has 2 atom stereocenters. The molecular formula is C14H19BrFN. The molecule has 17 heavy (non-hydrogen) atoms. The predicted molar refractivity (Wildman–Crippen MR) is 72.4 cm³/mol. The summed E-state index contributed by atoms with van der Waals surface area (Å²) in [6.45, 7) is 2.21. The summed E-state index contributed by atoms with van der Waals surface area (Å²) in [6.07, 6.45) is 5.44. The van der Waals surface area contributed by atoms with Crippen LogP contribution in [0.2, 0.25) is 0 Å². The fraction of sp³-hybridized carbons (Fsp3) is 0.571. The minimum Gasteiger partial charge on any atom is -0.325 e. The average Bonchev–Trinajstić information content (AvgIpc) is 2.28. The fourth-order valence-corrected chi connectivity index (χ4v) is 3.12. The van der Waals surface area contributed by atoms with Crippen molar-refractivity contribution >= 4 is 15.9 Å². The molecule has 1 saturated carbocycles. The van der Waals surface area contributed by atoms with E-state index in [-0.39, 0.29) is 11.4 Å². The Balaban J connectivity index is 2.21. The molecule has 1 aromatic carbocycles. The fourth-order valence-electron chi connectivity index (χ4n) is 2.73. The molecule has 1 fully saturated rings. The lowest BCUT2D eigenvalue weighted by Gasteiger charge is -2.40. The Morgan fingerprint density at radius 2 is 2.24 bits per heavy atom. The van der Waals surface area contributed by atoms with Crippen molar-refractivity contribution in [2.24, 2.45) is 11.7 Å². The normalized spacial score (nSPS) is 29.3. The van der Waals surface area contributed by atoms with Crippen molar-refractivity contribution in [2.75, 3.05) is 0 Å². The molecule has 0 aromatic heterocycles. The van der Waals surface area contributed by atoms with E-state index >= 15 is 0 Å². The van der Waals surface area contributed by atoms with Gasteiger partial charge in [-0.1, -0.05) is 35.7 Å². The molecule has 3 heteroatoms. The zero-order valence-electron chi connectivity index (χ0n) is 10.2. The van der Waals surface area contributed by atoms with E-state index in [9.17, 15) is 4.39 Å². The summed E-state index contributed by atoms with van der Waals surface area (Å²) in [5.74, 6) is 0.321. The number of halogens is 2. The molecule has 1 aliphatic carbocycles. The SMILES string of the molecule is CC1CCCCC1(N)Cc1cc(F)ccc1Br. The molecule has 1 nitrogen and oxygen atoms in total. The van der Waals surface area contributed by atoms with Gasteiger partial charge in [-0.25, -0.2) is 4.39 Å². The van der Waals surface area contributed by atoms with E-state index in [0.717, 1.165) is 22.9 Å². The van der Waals surface area contributed by atoms with Crippen molar-refractivity contribution in [1.82, 2.24) is 0 Å². The summed E-state index contributed by atoms with van der Waals surface area (Å²) in [5, 5.41) is 0. The van der Waals surface area contributed by atoms with Gasteiger partial charge in [-0.15, -0.1) is 0 Å². The van der Waals surface area contributed by atoms with Crippen LogP contribution in [0.3, 0.4) is 0 Å². The molecular weight excluding hydrogens is 281 g/mol. The van der Waals surface area contributed by atoms with Crippen LogP contribution in [0.1, 0.15) is 38.2 Å². The maximum absolute atomic E-state index is 13.3. The number of nitrogens with two attached hydrogens (primary N) is 1. The van der Waals surface area contributed by atoms with Crippen molar-refractivity contribution in [3.05, 3.63) is 34.1 Å². The third-order valence-corrected chi connectivity index (χ3v) is 4.81. The Morgan fingerprint density at radius 3 is 2.94 bits per heavy atom. The predicted octanol–water partition coefficient (Wildman–Crippen LogP) is 4.04. The monoisotopic (exact) mass is 299 g/mol. The number of benzene rings is 1. The summed E-state index contributed by atoms with van der Waals surface area (Å²) in [6, 6.07) is 4.84. The maximum atomic E-state index is 13.3. The van der Waals surface area contributed by atoms with E-state index in [1.807, 2.05) is 0 Å². The van der Waals surface area contributed by atoms with E-state index in [1.54, 1.807) is 12.1 Å². The van der Waals surface area contributed by atoms with E-state index < -0.39 is 0 Å². The summed E-state index contributed by atoms with van der Waals surface area (Å²) in [4.78, 5) is 0. The molecule has 2 rings (SSSR count). The minimum absolute atomic E-state index is 0.172. The van der Waals surface area contributed by atoms with Crippen LogP contribution >= 0.6 is 15.9 Å². The van der Waals surface area contributed by atoms with Crippen LogP contribution < -0.4 is 5.73 Å². The first-order valence-corrected chi connectivity index (χ1v) is 7.03. The Labute approximate surface area is 111 Å². The van der Waals surface area contributed by atoms with Crippen LogP contribution in [0.15, 0.2) is 22.7 Å². The lowest BCUT2D eigenvalue weighted by molar-refractivity contribution is 0.203. The molecule has 2 unspecified atom stereocenters. The lowest BCUT2D eigenvalue weighted by Crippen LogP contribution is -2.50. The van der Waals surface area contributed by atoms with Crippen LogP contribution in [0.4, 0.5) is 4.39 Å². The zero-order valence-corrected chi connectivity index (χ0v) is 11.8. The van der Waals surface area contributed by atoms with Crippen molar-refractivity contribution in [3.63, 3.8) is 0 Å². The van der Waals surface area contributed by atoms with Crippen molar-refractivity contribution < 1.29 is 4.39 Å². The number of rotatable bonds is 2. The standard InChI is InChI=1S/C14H19BrFN/c1-10-4-2-3-7-14(10,17)9-11-8-12(16)5-6-13(11)15/h5-6,8,10H,2-4,7,9,17H2,1H3. The second-order valence-corrected chi connectivity index (χ2v) is 6.15. The van der Waals surface area contributed by atoms with Gasteiger partial charge in [0.1, 0.15) is 5.82 Å². The molecule has 1 aromatic rings. The maximum Gasteiger partial charge on any atom is 0.123 e. The summed E-state index contributed by atoms with van der Waals surface area (Å²) in [5.41, 5.74) is 7.33. The third-order valence-electron chi connectivity index (χ3n) is 4.04. The van der Waals surface area contributed by atoms with Gasteiger partial charge in [-0.05, 0) is 48.9 Å². The first kappa shape index (κ1) is 13.0. The van der Waals surface area contributed by atoms with Crippen molar-refractivity contribution in [2.45, 2.75) is 44.6 Å². The number of hydrogen-bond donors (Lipinski definition) is 1. The highest BCUT2D eigenvalue weighted by Gasteiger charge is 2.34. The second kappa shape index (κ2) is 5.07. The van der Waals surface area contributed by atoms with Gasteiger partial charge < -0.3 is 5.73 Å². The first-order valence-electron chi connectivity index (χ1n) is 6.24. The molecule has 0 heterocycles. The molecule has 0 bridgehead atoms. The quantitative estimate of drug-likeness (QED) is 0.876. The van der Waals surface area contributed by atoms with Gasteiger partial charge in [0.25, 0.3) is 0 Å². The van der Waals surface area contributed by atoms with Gasteiger partial charge in [0.15, 0.2) is 0 Å². The molecule has 0 aliphatic heterocycles. The number of hydrogen-bond acceptors (Lipinski definition) is 1. The Bertz CT molecular complexity index is 407. The van der Waals surface area contributed by atoms with E-state index in [1.165, 1.54) is 25.3 Å². The summed E-state index contributed by atoms with van der Waals surface area (Å²) in [7, 11) is 0. The second-order valence-electron chi connectivity index (χ2n) is 5.29. The topological polar surface area (TPSA) is 26.0 Å². The molecule has 2 N–H and O–H groups in total. The molecule has 0 spiro atoms. The van der Waals surface area contributed by atoms with Crippen molar-refractivity contribution in [1.29, 1.82) is 0 Å². The molecule has 0 amide bonds. The van der Waals surface area contributed by atoms with Crippen LogP contribution in [0, 0.1) is 11.7 Å². The molecule has 94 valence electrons. The van der Waals surface area contributed by atoms with Gasteiger partial charge in [-0.3, -0.25) is 0 Å². The lowest BCUT2D eigenvalue weighted by atomic mass is 9.71. The van der Waals surface area contributed by atoms with Crippen LogP contribution in [-0.4, -0.2) is 5.54 Å². The highest BCUT2D eigenvalue weighted by atomic mass is 79.9. The van der Waals surface area contributed by atoms with Crippen molar-refractivity contribution in [3.8, 4) is 0 Å². The largest absolute Gasteiger partial charge is 0.325 e. The zero-order chi connectivity index (χ0) is 12.5. The first-order chi connectivity index (χ1) is 8.01. The van der Waals surface area contributed by atoms with Gasteiger partial charge in [0, 0.05) is 10.0 Å². The Kier molecular flexibility index (Phi) is 3.88. The van der Waals surface area contributed by atoms with E-state index in [0.29, 0.717) is 5.92 Å². The Morgan fingerprint density at radius 1 is 1.47 bits per heavy atom. The molecule has 0 saturated heterocycles. The van der Waals surface area contributed by atoms with Crippen LogP contribution in [-0.2, 0) is 6.42 Å². The van der Waals surface area contributed by atoms with E-state index in [4.69, 9.17) is 5.73 Å². The smallest absolute Gasteiger partial charge is 0.123 e. The molecule has 0 radical (unpaired) electrons. The van der Waals surface area contributed by atoms with Crippen LogP contribution in [0.25, 0.3) is 0 Å². The van der Waals surface area contributed by atoms with Gasteiger partial charge in [0.05, 0.1) is 0 Å². The third kappa shape index (κ3) is 2.89. The molecule has 1 aliphatic rings. The highest BCUT2D eigenvalue weighted by molar-refractivity contribution is 9.10. The minimum atomic E-state index is -0.185. The highest BCUT2D eigenvalue weighted by Crippen LogP contribution is 2.35. The average molecular weight is 300 g/mol. The van der Waals surface area contributed by atoms with Gasteiger partial charge in [-0.2, -0.15) is 0 Å². The Hall–Kier alpha value is -0.410. The summed E-state index contributed by atoms with van der Waals surface area (Å²) >= 11 is 3.48. The van der Waals surface area contributed by atoms with E-state index in [2.05, 4.69) is 22.9 Å². The van der Waals surface area contributed by atoms with Gasteiger partial charge in [0.2, 0.25) is 0 Å². The van der Waals surface area contributed by atoms with Gasteiger partial charge >= 0.3 is 0 Å².